The summed E-state index contributed by atoms with van der Waals surface area (Å²) in [5.41, 5.74) is 4.07. The van der Waals surface area contributed by atoms with Gasteiger partial charge in [-0.15, -0.1) is 11.3 Å². The number of carbonyl (C=O) groups is 1. The lowest BCUT2D eigenvalue weighted by molar-refractivity contribution is -0.125. The van der Waals surface area contributed by atoms with Crippen molar-refractivity contribution >= 4 is 22.4 Å². The number of aryl methyl sites for hydroxylation is 1. The van der Waals surface area contributed by atoms with Gasteiger partial charge in [0.2, 0.25) is 6.10 Å². The van der Waals surface area contributed by atoms with Gasteiger partial charge in [0.15, 0.2) is 16.6 Å². The van der Waals surface area contributed by atoms with E-state index in [1.54, 1.807) is 12.3 Å². The molecule has 1 aromatic carbocycles. The van der Waals surface area contributed by atoms with Gasteiger partial charge in [0.25, 0.3) is 5.91 Å². The number of carbonyl (C=O) groups excluding carboxylic acids is 1. The summed E-state index contributed by atoms with van der Waals surface area (Å²) >= 11 is 1.38. The van der Waals surface area contributed by atoms with E-state index < -0.39 is 6.10 Å². The summed E-state index contributed by atoms with van der Waals surface area (Å²) in [6.45, 7) is 4.95. The molecule has 0 bridgehead atoms. The average Bonchev–Trinajstić information content (AvgIpc) is 3.52. The zero-order valence-corrected chi connectivity index (χ0v) is 17.9. The first-order chi connectivity index (χ1) is 15.1. The molecule has 5 rings (SSSR count). The molecule has 0 fully saturated rings. The lowest BCUT2D eigenvalue weighted by atomic mass is 10.2. The number of hydrogen-bond donors (Lipinski definition) is 1. The molecule has 0 aliphatic carbocycles. The number of rotatable bonds is 5. The highest BCUT2D eigenvalue weighted by Gasteiger charge is 2.28. The van der Waals surface area contributed by atoms with Crippen molar-refractivity contribution in [1.82, 2.24) is 9.55 Å². The maximum Gasteiger partial charge on any atom is 0.270 e. The summed E-state index contributed by atoms with van der Waals surface area (Å²) in [7, 11) is 0. The fourth-order valence-electron chi connectivity index (χ4n) is 3.65. The van der Waals surface area contributed by atoms with Gasteiger partial charge in [0.05, 0.1) is 18.5 Å². The van der Waals surface area contributed by atoms with Gasteiger partial charge in [-0.3, -0.25) is 10.1 Å². The second-order valence-corrected chi connectivity index (χ2v) is 8.20. The van der Waals surface area contributed by atoms with Crippen molar-refractivity contribution in [3.8, 4) is 22.8 Å². The number of thiazole rings is 1. The normalized spacial score (nSPS) is 15.1. The molecule has 0 spiro atoms. The number of furan rings is 1. The van der Waals surface area contributed by atoms with Crippen LogP contribution in [-0.2, 0) is 11.3 Å². The van der Waals surface area contributed by atoms with Gasteiger partial charge in [-0.25, -0.2) is 4.98 Å². The van der Waals surface area contributed by atoms with Gasteiger partial charge >= 0.3 is 0 Å². The van der Waals surface area contributed by atoms with Gasteiger partial charge in [-0.2, -0.15) is 0 Å². The lowest BCUT2D eigenvalue weighted by Gasteiger charge is -2.25. The van der Waals surface area contributed by atoms with Crippen LogP contribution in [-0.4, -0.2) is 28.2 Å². The first-order valence-corrected chi connectivity index (χ1v) is 10.8. The Bertz CT molecular complexity index is 1230. The van der Waals surface area contributed by atoms with Crippen LogP contribution in [0.1, 0.15) is 17.1 Å². The zero-order chi connectivity index (χ0) is 21.4. The summed E-state index contributed by atoms with van der Waals surface area (Å²) in [5, 5.41) is 5.32. The minimum Gasteiger partial charge on any atom is -0.485 e. The van der Waals surface area contributed by atoms with Gasteiger partial charge in [0, 0.05) is 22.3 Å². The highest BCUT2D eigenvalue weighted by atomic mass is 32.1. The number of para-hydroxylation sites is 2. The number of amides is 1. The third-order valence-electron chi connectivity index (χ3n) is 5.28. The number of ether oxygens (including phenoxy) is 2. The smallest absolute Gasteiger partial charge is 0.270 e. The molecule has 8 heteroatoms. The zero-order valence-electron chi connectivity index (χ0n) is 17.1. The van der Waals surface area contributed by atoms with Crippen molar-refractivity contribution in [3.63, 3.8) is 0 Å². The first-order valence-electron chi connectivity index (χ1n) is 9.93. The van der Waals surface area contributed by atoms with Crippen LogP contribution >= 0.6 is 11.3 Å². The molecule has 0 radical (unpaired) electrons. The maximum atomic E-state index is 12.7. The Kier molecular flexibility index (Phi) is 4.99. The fraction of sp³-hybridized carbons (Fsp3) is 0.217. The van der Waals surface area contributed by atoms with Crippen molar-refractivity contribution in [1.29, 1.82) is 0 Å². The van der Waals surface area contributed by atoms with E-state index in [4.69, 9.17) is 13.9 Å². The molecule has 4 aromatic rings. The Hall–Kier alpha value is -3.52. The van der Waals surface area contributed by atoms with E-state index in [0.717, 1.165) is 28.4 Å². The van der Waals surface area contributed by atoms with Crippen LogP contribution in [0.4, 0.5) is 5.13 Å². The van der Waals surface area contributed by atoms with Gasteiger partial charge in [-0.05, 0) is 44.2 Å². The van der Waals surface area contributed by atoms with Crippen LogP contribution < -0.4 is 14.8 Å². The summed E-state index contributed by atoms with van der Waals surface area (Å²) in [6, 6.07) is 13.3. The molecule has 0 unspecified atom stereocenters. The molecule has 1 aliphatic heterocycles. The van der Waals surface area contributed by atoms with E-state index in [2.05, 4.69) is 34.8 Å². The van der Waals surface area contributed by atoms with E-state index in [1.165, 1.54) is 11.3 Å². The quantitative estimate of drug-likeness (QED) is 0.494. The lowest BCUT2D eigenvalue weighted by Crippen LogP contribution is -2.40. The molecule has 4 heterocycles. The van der Waals surface area contributed by atoms with Crippen molar-refractivity contribution < 1.29 is 18.7 Å². The molecule has 1 atom stereocenters. The number of hydrogen-bond acceptors (Lipinski definition) is 6. The monoisotopic (exact) mass is 435 g/mol. The van der Waals surface area contributed by atoms with Gasteiger partial charge in [-0.1, -0.05) is 12.1 Å². The summed E-state index contributed by atoms with van der Waals surface area (Å²) in [4.78, 5) is 17.3. The largest absolute Gasteiger partial charge is 0.485 e. The molecule has 0 saturated carbocycles. The molecular formula is C23H21N3O4S. The number of anilines is 1. The molecule has 0 saturated heterocycles. The highest BCUT2D eigenvalue weighted by molar-refractivity contribution is 7.14. The number of aromatic nitrogens is 2. The third-order valence-corrected chi connectivity index (χ3v) is 6.04. The molecule has 31 heavy (non-hydrogen) atoms. The standard InChI is InChI=1S/C23H21N3O4S/c1-14-10-17(15(2)26(14)11-16-6-5-9-28-16)18-13-31-23(24-18)25-22(27)21-12-29-19-7-3-4-8-20(19)30-21/h3-10,13,21H,11-12H2,1-2H3,(H,24,25,27)/t21-/m0/s1. The number of benzene rings is 1. The van der Waals surface area contributed by atoms with Crippen molar-refractivity contribution in [2.45, 2.75) is 26.5 Å². The van der Waals surface area contributed by atoms with Crippen LogP contribution in [0, 0.1) is 13.8 Å². The molecule has 1 amide bonds. The van der Waals surface area contributed by atoms with Crippen LogP contribution in [0.2, 0.25) is 0 Å². The predicted octanol–water partition coefficient (Wildman–Crippen LogP) is 4.65. The van der Waals surface area contributed by atoms with Crippen molar-refractivity contribution in [2.24, 2.45) is 0 Å². The van der Waals surface area contributed by atoms with E-state index in [-0.39, 0.29) is 12.5 Å². The summed E-state index contributed by atoms with van der Waals surface area (Å²) < 4.78 is 19.1. The van der Waals surface area contributed by atoms with E-state index in [1.807, 2.05) is 35.7 Å². The Balaban J connectivity index is 1.30. The van der Waals surface area contributed by atoms with Crippen LogP contribution in [0.5, 0.6) is 11.5 Å². The second kappa shape index (κ2) is 7.96. The molecule has 158 valence electrons. The van der Waals surface area contributed by atoms with Crippen LogP contribution in [0.15, 0.2) is 58.5 Å². The fourth-order valence-corrected chi connectivity index (χ4v) is 4.37. The Labute approximate surface area is 183 Å². The van der Waals surface area contributed by atoms with E-state index >= 15 is 0 Å². The third kappa shape index (κ3) is 3.82. The predicted molar refractivity (Wildman–Crippen MR) is 118 cm³/mol. The number of fused-ring (bicyclic) bond motifs is 1. The molecule has 3 aromatic heterocycles. The molecule has 7 nitrogen and oxygen atoms in total. The molecule has 1 N–H and O–H groups in total. The topological polar surface area (TPSA) is 78.5 Å². The summed E-state index contributed by atoms with van der Waals surface area (Å²) in [6.07, 6.45) is 0.958. The number of nitrogens with zero attached hydrogens (tertiary/aromatic N) is 2. The number of nitrogens with one attached hydrogen (secondary N) is 1. The van der Waals surface area contributed by atoms with E-state index in [9.17, 15) is 4.79 Å². The summed E-state index contributed by atoms with van der Waals surface area (Å²) in [5.74, 6) is 1.83. The Morgan fingerprint density at radius 1 is 1.23 bits per heavy atom. The Morgan fingerprint density at radius 3 is 2.87 bits per heavy atom. The van der Waals surface area contributed by atoms with E-state index in [0.29, 0.717) is 23.2 Å². The van der Waals surface area contributed by atoms with Gasteiger partial charge < -0.3 is 18.5 Å². The average molecular weight is 436 g/mol. The first kappa shape index (κ1) is 19.4. The maximum absolute atomic E-state index is 12.7. The SMILES string of the molecule is Cc1cc(-c2csc(NC(=O)[C@@H]3COc4ccccc4O3)n2)c(C)n1Cc1ccco1. The molecular weight excluding hydrogens is 414 g/mol. The van der Waals surface area contributed by atoms with Gasteiger partial charge in [0.1, 0.15) is 12.4 Å². The Morgan fingerprint density at radius 2 is 2.06 bits per heavy atom. The van der Waals surface area contributed by atoms with Crippen LogP contribution in [0.25, 0.3) is 11.3 Å². The minimum atomic E-state index is -0.722. The van der Waals surface area contributed by atoms with Crippen molar-refractivity contribution in [2.75, 3.05) is 11.9 Å². The second-order valence-electron chi connectivity index (χ2n) is 7.34. The minimum absolute atomic E-state index is 0.162. The molecule has 1 aliphatic rings. The highest BCUT2D eigenvalue weighted by Crippen LogP contribution is 2.32. The van der Waals surface area contributed by atoms with Crippen LogP contribution in [0.3, 0.4) is 0 Å². The van der Waals surface area contributed by atoms with Crippen molar-refractivity contribution in [3.05, 3.63) is 71.3 Å².